The molecule has 0 bridgehead atoms. The predicted molar refractivity (Wildman–Crippen MR) is 115 cm³/mol. The second-order valence-corrected chi connectivity index (χ2v) is 9.52. The van der Waals surface area contributed by atoms with Crippen molar-refractivity contribution in [2.75, 3.05) is 12.8 Å². The van der Waals surface area contributed by atoms with E-state index in [2.05, 4.69) is 21.2 Å². The van der Waals surface area contributed by atoms with Gasteiger partial charge < -0.3 is 5.32 Å². The quantitative estimate of drug-likeness (QED) is 0.486. The first-order valence-electron chi connectivity index (χ1n) is 8.54. The van der Waals surface area contributed by atoms with Gasteiger partial charge in [-0.05, 0) is 53.9 Å². The number of hydrogen-bond acceptors (Lipinski definition) is 4. The van der Waals surface area contributed by atoms with Gasteiger partial charge in [-0.3, -0.25) is 14.2 Å². The van der Waals surface area contributed by atoms with Crippen LogP contribution in [0.3, 0.4) is 0 Å². The molecule has 0 aromatic heterocycles. The van der Waals surface area contributed by atoms with E-state index in [1.807, 2.05) is 48.5 Å². The van der Waals surface area contributed by atoms with Crippen LogP contribution in [-0.2, 0) is 26.9 Å². The smallest absolute Gasteiger partial charge is 0.264 e. The standard InChI is InChI=1S/C19H19BrN2O4S2/c1-22-17(23)19(21-18(22)27,15-8-3-9-16(20)12-15)14-7-2-5-13(11-14)6-4-10-28(24,25)26/h2-3,5,7-9,11-12H,4,6,10H2,1H3,(H,21,27)(H,24,25,26). The number of benzene rings is 2. The van der Waals surface area contributed by atoms with E-state index in [1.165, 1.54) is 4.90 Å². The molecule has 6 nitrogen and oxygen atoms in total. The molecule has 9 heteroatoms. The average Bonchev–Trinajstić information content (AvgIpc) is 2.86. The first-order chi connectivity index (χ1) is 13.1. The summed E-state index contributed by atoms with van der Waals surface area (Å²) in [6.45, 7) is 0. The zero-order valence-corrected chi connectivity index (χ0v) is 18.3. The molecule has 0 spiro atoms. The molecule has 2 N–H and O–H groups in total. The Balaban J connectivity index is 2.04. The summed E-state index contributed by atoms with van der Waals surface area (Å²) in [6, 6.07) is 14.9. The summed E-state index contributed by atoms with van der Waals surface area (Å²) >= 11 is 8.79. The summed E-state index contributed by atoms with van der Waals surface area (Å²) in [4.78, 5) is 14.7. The molecule has 2 aromatic rings. The van der Waals surface area contributed by atoms with Gasteiger partial charge in [-0.2, -0.15) is 8.42 Å². The number of halogens is 1. The molecule has 148 valence electrons. The lowest BCUT2D eigenvalue weighted by Crippen LogP contribution is -2.45. The third-order valence-corrected chi connectivity index (χ3v) is 6.38. The summed E-state index contributed by atoms with van der Waals surface area (Å²) in [6.07, 6.45) is 0.739. The van der Waals surface area contributed by atoms with E-state index in [9.17, 15) is 13.2 Å². The van der Waals surface area contributed by atoms with Gasteiger partial charge in [0.15, 0.2) is 10.7 Å². The molecule has 1 fully saturated rings. The van der Waals surface area contributed by atoms with Crippen molar-refractivity contribution < 1.29 is 17.8 Å². The van der Waals surface area contributed by atoms with Gasteiger partial charge in [0.05, 0.1) is 5.75 Å². The number of amides is 1. The van der Waals surface area contributed by atoms with Crippen LogP contribution in [-0.4, -0.2) is 41.7 Å². The number of thiocarbonyl (C=S) groups is 1. The molecule has 1 unspecified atom stereocenters. The van der Waals surface area contributed by atoms with Crippen LogP contribution in [0.1, 0.15) is 23.1 Å². The number of rotatable bonds is 6. The van der Waals surface area contributed by atoms with Crippen molar-refractivity contribution in [3.8, 4) is 0 Å². The Labute approximate surface area is 177 Å². The summed E-state index contributed by atoms with van der Waals surface area (Å²) in [5.41, 5.74) is 1.17. The molecule has 1 saturated heterocycles. The molecule has 1 atom stereocenters. The van der Waals surface area contributed by atoms with E-state index in [1.54, 1.807) is 7.05 Å². The van der Waals surface area contributed by atoms with Crippen molar-refractivity contribution in [3.05, 3.63) is 69.7 Å². The second kappa shape index (κ2) is 7.90. The topological polar surface area (TPSA) is 86.7 Å². The highest BCUT2D eigenvalue weighted by Gasteiger charge is 2.50. The van der Waals surface area contributed by atoms with Crippen molar-refractivity contribution in [2.24, 2.45) is 0 Å². The van der Waals surface area contributed by atoms with Crippen molar-refractivity contribution in [1.29, 1.82) is 0 Å². The van der Waals surface area contributed by atoms with E-state index in [-0.39, 0.29) is 18.1 Å². The Morgan fingerprint density at radius 1 is 1.18 bits per heavy atom. The van der Waals surface area contributed by atoms with Crippen molar-refractivity contribution >= 4 is 49.3 Å². The third kappa shape index (κ3) is 4.12. The Hall–Kier alpha value is -1.81. The number of likely N-dealkylation sites (N-methyl/N-ethyl adjacent to an activating group) is 1. The Bertz CT molecular complexity index is 1040. The minimum absolute atomic E-state index is 0.189. The van der Waals surface area contributed by atoms with E-state index in [0.717, 1.165) is 15.6 Å². The number of nitrogens with zero attached hydrogens (tertiary/aromatic N) is 1. The fraction of sp³-hybridized carbons (Fsp3) is 0.263. The van der Waals surface area contributed by atoms with Crippen LogP contribution >= 0.6 is 28.1 Å². The van der Waals surface area contributed by atoms with E-state index in [0.29, 0.717) is 17.1 Å². The summed E-state index contributed by atoms with van der Waals surface area (Å²) in [5, 5.41) is 3.52. The number of hydrogen-bond donors (Lipinski definition) is 2. The van der Waals surface area contributed by atoms with Crippen molar-refractivity contribution in [3.63, 3.8) is 0 Å². The van der Waals surface area contributed by atoms with Crippen LogP contribution in [0.4, 0.5) is 0 Å². The van der Waals surface area contributed by atoms with Gasteiger partial charge in [-0.15, -0.1) is 0 Å². The van der Waals surface area contributed by atoms with Crippen LogP contribution in [0.2, 0.25) is 0 Å². The zero-order valence-electron chi connectivity index (χ0n) is 15.1. The number of aryl methyl sites for hydroxylation is 1. The molecule has 1 aliphatic heterocycles. The first kappa shape index (κ1) is 20.9. The molecular weight excluding hydrogens is 464 g/mol. The van der Waals surface area contributed by atoms with Crippen molar-refractivity contribution in [1.82, 2.24) is 10.2 Å². The maximum absolute atomic E-state index is 13.3. The highest BCUT2D eigenvalue weighted by molar-refractivity contribution is 9.10. The summed E-state index contributed by atoms with van der Waals surface area (Å²) in [7, 11) is -2.37. The molecular formula is C19H19BrN2O4S2. The fourth-order valence-electron chi connectivity index (χ4n) is 3.34. The molecule has 1 aliphatic rings. The van der Waals surface area contributed by atoms with Crippen molar-refractivity contribution in [2.45, 2.75) is 18.4 Å². The zero-order chi connectivity index (χ0) is 20.5. The molecule has 0 saturated carbocycles. The van der Waals surface area contributed by atoms with Gasteiger partial charge >= 0.3 is 0 Å². The average molecular weight is 483 g/mol. The lowest BCUT2D eigenvalue weighted by Gasteiger charge is -2.29. The monoisotopic (exact) mass is 482 g/mol. The third-order valence-electron chi connectivity index (χ3n) is 4.71. The molecule has 2 aromatic carbocycles. The molecule has 0 radical (unpaired) electrons. The molecule has 1 heterocycles. The highest BCUT2D eigenvalue weighted by Crippen LogP contribution is 2.37. The van der Waals surface area contributed by atoms with Gasteiger partial charge in [0.25, 0.3) is 16.0 Å². The first-order valence-corrected chi connectivity index (χ1v) is 11.4. The van der Waals surface area contributed by atoms with Gasteiger partial charge in [0.1, 0.15) is 0 Å². The van der Waals surface area contributed by atoms with E-state index < -0.39 is 15.7 Å². The van der Waals surface area contributed by atoms with Gasteiger partial charge in [-0.25, -0.2) is 0 Å². The maximum Gasteiger partial charge on any atom is 0.264 e. The Morgan fingerprint density at radius 3 is 2.39 bits per heavy atom. The normalized spacial score (nSPS) is 19.8. The lowest BCUT2D eigenvalue weighted by molar-refractivity contribution is -0.129. The number of carbonyl (C=O) groups excluding carboxylic acids is 1. The van der Waals surface area contributed by atoms with E-state index >= 15 is 0 Å². The van der Waals surface area contributed by atoms with Crippen LogP contribution in [0.5, 0.6) is 0 Å². The predicted octanol–water partition coefficient (Wildman–Crippen LogP) is 2.86. The number of nitrogens with one attached hydrogen (secondary N) is 1. The minimum atomic E-state index is -4.00. The maximum atomic E-state index is 13.3. The van der Waals surface area contributed by atoms with Gasteiger partial charge in [0.2, 0.25) is 0 Å². The molecule has 1 amide bonds. The van der Waals surface area contributed by atoms with Crippen LogP contribution < -0.4 is 5.32 Å². The Morgan fingerprint density at radius 2 is 1.82 bits per heavy atom. The number of carbonyl (C=O) groups is 1. The summed E-state index contributed by atoms with van der Waals surface area (Å²) < 4.78 is 31.7. The summed E-state index contributed by atoms with van der Waals surface area (Å²) in [5.74, 6) is -0.497. The van der Waals surface area contributed by atoms with Gasteiger partial charge in [0, 0.05) is 11.5 Å². The highest BCUT2D eigenvalue weighted by atomic mass is 79.9. The van der Waals surface area contributed by atoms with E-state index in [4.69, 9.17) is 16.8 Å². The van der Waals surface area contributed by atoms with Crippen LogP contribution in [0.25, 0.3) is 0 Å². The molecule has 3 rings (SSSR count). The largest absolute Gasteiger partial charge is 0.341 e. The van der Waals surface area contributed by atoms with Crippen LogP contribution in [0, 0.1) is 0 Å². The molecule has 0 aliphatic carbocycles. The molecule has 28 heavy (non-hydrogen) atoms. The van der Waals surface area contributed by atoms with Crippen LogP contribution in [0.15, 0.2) is 53.0 Å². The second-order valence-electron chi connectivity index (χ2n) is 6.64. The van der Waals surface area contributed by atoms with Gasteiger partial charge in [-0.1, -0.05) is 52.3 Å². The fourth-order valence-corrected chi connectivity index (χ4v) is 4.48. The Kier molecular flexibility index (Phi) is 5.90. The SMILES string of the molecule is CN1C(=O)C(c2cccc(Br)c2)(c2cccc(CCCS(=O)(=O)O)c2)NC1=S. The minimum Gasteiger partial charge on any atom is -0.341 e. The lowest BCUT2D eigenvalue weighted by atomic mass is 9.82.